The fraction of sp³-hybridized carbons (Fsp3) is 0.762. The molecule has 0 radical (unpaired) electrons. The monoisotopic (exact) mass is 348 g/mol. The summed E-state index contributed by atoms with van der Waals surface area (Å²) < 4.78 is 5.80. The Balaban J connectivity index is 2.42. The topological polar surface area (TPSA) is 26.3 Å². The Bertz CT molecular complexity index is 555. The van der Waals surface area contributed by atoms with Crippen molar-refractivity contribution in [1.82, 2.24) is 0 Å². The molecule has 0 aromatic carbocycles. The molecule has 3 heteroatoms. The van der Waals surface area contributed by atoms with E-state index in [4.69, 9.17) is 4.74 Å². The van der Waals surface area contributed by atoms with Gasteiger partial charge in [0.1, 0.15) is 5.60 Å². The maximum Gasteiger partial charge on any atom is 0.313 e. The molecule has 136 valence electrons. The average Bonchev–Trinajstić information content (AvgIpc) is 2.42. The van der Waals surface area contributed by atoms with Gasteiger partial charge in [-0.2, -0.15) is 0 Å². The molecule has 1 saturated carbocycles. The Labute approximate surface area is 149 Å². The number of esters is 1. The molecule has 0 aromatic rings. The highest BCUT2D eigenvalue weighted by Crippen LogP contribution is 2.51. The lowest BCUT2D eigenvalue weighted by molar-refractivity contribution is -0.158. The maximum atomic E-state index is 13.0. The van der Waals surface area contributed by atoms with Gasteiger partial charge in [-0.05, 0) is 68.2 Å². The van der Waals surface area contributed by atoms with Gasteiger partial charge in [0, 0.05) is 0 Å². The van der Waals surface area contributed by atoms with E-state index in [2.05, 4.69) is 46.0 Å². The van der Waals surface area contributed by atoms with E-state index < -0.39 is 13.7 Å². The summed E-state index contributed by atoms with van der Waals surface area (Å²) in [6.07, 6.45) is 9.57. The third-order valence-corrected chi connectivity index (χ3v) is 12.2. The SMILES string of the molecule is CC(C)(C)OC(=O)C1C=C2CCCCC2=CC1[Si](C)(C)C(C)(C)C. The van der Waals surface area contributed by atoms with Gasteiger partial charge in [-0.3, -0.25) is 4.79 Å². The van der Waals surface area contributed by atoms with Crippen molar-refractivity contribution < 1.29 is 9.53 Å². The Morgan fingerprint density at radius 2 is 1.50 bits per heavy atom. The number of carbonyl (C=O) groups excluding carboxylic acids is 1. The molecule has 2 aliphatic rings. The Hall–Kier alpha value is -0.833. The number of hydrogen-bond acceptors (Lipinski definition) is 2. The molecule has 0 aromatic heterocycles. The summed E-state index contributed by atoms with van der Waals surface area (Å²) in [5.41, 5.74) is 2.82. The van der Waals surface area contributed by atoms with Gasteiger partial charge in [0.15, 0.2) is 0 Å². The van der Waals surface area contributed by atoms with Crippen LogP contribution in [0, 0.1) is 5.92 Å². The Morgan fingerprint density at radius 1 is 1.00 bits per heavy atom. The molecular formula is C21H36O2Si. The van der Waals surface area contributed by atoms with E-state index in [1.54, 1.807) is 0 Å². The highest BCUT2D eigenvalue weighted by Gasteiger charge is 2.48. The van der Waals surface area contributed by atoms with Gasteiger partial charge < -0.3 is 4.74 Å². The van der Waals surface area contributed by atoms with Crippen molar-refractivity contribution in [2.24, 2.45) is 5.92 Å². The molecule has 2 atom stereocenters. The maximum absolute atomic E-state index is 13.0. The van der Waals surface area contributed by atoms with Crippen LogP contribution in [0.4, 0.5) is 0 Å². The minimum Gasteiger partial charge on any atom is -0.460 e. The second kappa shape index (κ2) is 6.47. The van der Waals surface area contributed by atoms with Gasteiger partial charge >= 0.3 is 5.97 Å². The van der Waals surface area contributed by atoms with Crippen molar-refractivity contribution in [1.29, 1.82) is 0 Å². The van der Waals surface area contributed by atoms with Crippen LogP contribution < -0.4 is 0 Å². The van der Waals surface area contributed by atoms with Gasteiger partial charge in [0.2, 0.25) is 0 Å². The van der Waals surface area contributed by atoms with Crippen LogP contribution in [-0.4, -0.2) is 19.6 Å². The van der Waals surface area contributed by atoms with Crippen LogP contribution in [0.2, 0.25) is 23.7 Å². The van der Waals surface area contributed by atoms with Crippen LogP contribution in [0.25, 0.3) is 0 Å². The summed E-state index contributed by atoms with van der Waals surface area (Å²) in [5.74, 6) is -0.146. The number of allylic oxidation sites excluding steroid dienone is 3. The molecule has 0 N–H and O–H groups in total. The summed E-state index contributed by atoms with van der Waals surface area (Å²) in [4.78, 5) is 13.0. The van der Waals surface area contributed by atoms with E-state index >= 15 is 0 Å². The van der Waals surface area contributed by atoms with Gasteiger partial charge in [-0.25, -0.2) is 0 Å². The fourth-order valence-electron chi connectivity index (χ4n) is 3.72. The lowest BCUT2D eigenvalue weighted by Gasteiger charge is -2.46. The van der Waals surface area contributed by atoms with E-state index in [9.17, 15) is 4.79 Å². The van der Waals surface area contributed by atoms with Gasteiger partial charge in [0.25, 0.3) is 0 Å². The zero-order chi connectivity index (χ0) is 18.3. The molecule has 2 aliphatic carbocycles. The van der Waals surface area contributed by atoms with Crippen molar-refractivity contribution in [3.05, 3.63) is 23.3 Å². The molecule has 24 heavy (non-hydrogen) atoms. The lowest BCUT2D eigenvalue weighted by atomic mass is 9.81. The first kappa shape index (κ1) is 19.5. The fourth-order valence-corrected chi connectivity index (χ4v) is 6.46. The molecule has 0 amide bonds. The van der Waals surface area contributed by atoms with Crippen molar-refractivity contribution in [3.63, 3.8) is 0 Å². The Kier molecular flexibility index (Phi) is 5.26. The normalized spacial score (nSPS) is 25.5. The van der Waals surface area contributed by atoms with Crippen LogP contribution in [0.15, 0.2) is 23.3 Å². The molecule has 2 nitrogen and oxygen atoms in total. The zero-order valence-electron chi connectivity index (χ0n) is 17.0. The summed E-state index contributed by atoms with van der Waals surface area (Å²) in [5, 5.41) is 0.245. The van der Waals surface area contributed by atoms with Crippen molar-refractivity contribution >= 4 is 14.0 Å². The minimum atomic E-state index is -1.70. The molecule has 0 saturated heterocycles. The number of hydrogen-bond donors (Lipinski definition) is 0. The average molecular weight is 349 g/mol. The third kappa shape index (κ3) is 4.04. The highest BCUT2D eigenvalue weighted by atomic mass is 28.3. The van der Waals surface area contributed by atoms with Crippen LogP contribution in [-0.2, 0) is 9.53 Å². The number of rotatable bonds is 2. The largest absolute Gasteiger partial charge is 0.460 e. The van der Waals surface area contributed by atoms with Crippen molar-refractivity contribution in [3.8, 4) is 0 Å². The van der Waals surface area contributed by atoms with E-state index in [1.165, 1.54) is 30.4 Å². The smallest absolute Gasteiger partial charge is 0.313 e. The van der Waals surface area contributed by atoms with Crippen LogP contribution >= 0.6 is 0 Å². The number of ether oxygens (including phenoxy) is 1. The van der Waals surface area contributed by atoms with E-state index in [1.807, 2.05) is 20.8 Å². The first-order chi connectivity index (χ1) is 10.8. The van der Waals surface area contributed by atoms with Crippen LogP contribution in [0.5, 0.6) is 0 Å². The van der Waals surface area contributed by atoms with E-state index in [0.717, 1.165) is 6.42 Å². The van der Waals surface area contributed by atoms with E-state index in [0.29, 0.717) is 5.54 Å². The first-order valence-electron chi connectivity index (χ1n) is 9.47. The molecule has 0 heterocycles. The molecule has 0 bridgehead atoms. The molecular weight excluding hydrogens is 312 g/mol. The van der Waals surface area contributed by atoms with Gasteiger partial charge in [0.05, 0.1) is 14.0 Å². The van der Waals surface area contributed by atoms with Gasteiger partial charge in [-0.15, -0.1) is 0 Å². The molecule has 2 rings (SSSR count). The van der Waals surface area contributed by atoms with Gasteiger partial charge in [-0.1, -0.05) is 46.0 Å². The summed E-state index contributed by atoms with van der Waals surface area (Å²) >= 11 is 0. The summed E-state index contributed by atoms with van der Waals surface area (Å²) in [6.45, 7) is 17.8. The number of carbonyl (C=O) groups is 1. The molecule has 0 spiro atoms. The van der Waals surface area contributed by atoms with E-state index in [-0.39, 0.29) is 16.9 Å². The molecule has 1 fully saturated rings. The van der Waals surface area contributed by atoms with Crippen LogP contribution in [0.3, 0.4) is 0 Å². The number of fused-ring (bicyclic) bond motifs is 1. The molecule has 0 aliphatic heterocycles. The summed E-state index contributed by atoms with van der Waals surface area (Å²) in [6, 6.07) is 0. The second-order valence-corrected chi connectivity index (χ2v) is 15.8. The predicted molar refractivity (Wildman–Crippen MR) is 105 cm³/mol. The third-order valence-electron chi connectivity index (χ3n) is 6.15. The molecule has 2 unspecified atom stereocenters. The van der Waals surface area contributed by atoms with Crippen molar-refractivity contribution in [2.45, 2.75) is 96.5 Å². The minimum absolute atomic E-state index is 0.0364. The highest BCUT2D eigenvalue weighted by molar-refractivity contribution is 6.82. The predicted octanol–water partition coefficient (Wildman–Crippen LogP) is 6.26. The first-order valence-corrected chi connectivity index (χ1v) is 12.6. The quantitative estimate of drug-likeness (QED) is 0.434. The van der Waals surface area contributed by atoms with Crippen LogP contribution in [0.1, 0.15) is 67.2 Å². The van der Waals surface area contributed by atoms with Crippen molar-refractivity contribution in [2.75, 3.05) is 0 Å². The lowest BCUT2D eigenvalue weighted by Crippen LogP contribution is -2.47. The zero-order valence-corrected chi connectivity index (χ0v) is 18.0. The summed E-state index contributed by atoms with van der Waals surface area (Å²) in [7, 11) is -1.70. The second-order valence-electron chi connectivity index (χ2n) is 10.1. The Morgan fingerprint density at radius 3 is 1.96 bits per heavy atom. The standard InChI is InChI=1S/C21H36O2Si/c1-20(2,3)23-19(22)17-13-15-11-9-10-12-16(15)14-18(17)24(7,8)21(4,5)6/h13-14,17-18H,9-12H2,1-8H3.